The first-order valence-electron chi connectivity index (χ1n) is 4.27. The van der Waals surface area contributed by atoms with E-state index in [1.165, 1.54) is 25.3 Å². The van der Waals surface area contributed by atoms with Gasteiger partial charge in [-0.1, -0.05) is 11.6 Å². The van der Waals surface area contributed by atoms with Crippen LogP contribution in [0.3, 0.4) is 0 Å². The summed E-state index contributed by atoms with van der Waals surface area (Å²) in [4.78, 5) is 21.4. The summed E-state index contributed by atoms with van der Waals surface area (Å²) >= 11 is 5.76. The van der Waals surface area contributed by atoms with E-state index in [0.29, 0.717) is 0 Å². The van der Waals surface area contributed by atoms with Crippen molar-refractivity contribution in [3.05, 3.63) is 28.8 Å². The number of carbonyl (C=O) groups excluding carboxylic acids is 1. The third-order valence-corrected chi connectivity index (χ3v) is 2.05. The monoisotopic (exact) mass is 244 g/mol. The van der Waals surface area contributed by atoms with Gasteiger partial charge in [0, 0.05) is 0 Å². The highest BCUT2D eigenvalue weighted by molar-refractivity contribution is 6.32. The maximum absolute atomic E-state index is 10.8. The summed E-state index contributed by atoms with van der Waals surface area (Å²) in [6.45, 7) is -0.275. The molecule has 0 aromatic heterocycles. The lowest BCUT2D eigenvalue weighted by Gasteiger charge is -2.06. The van der Waals surface area contributed by atoms with Crippen molar-refractivity contribution in [1.82, 2.24) is 0 Å². The highest BCUT2D eigenvalue weighted by atomic mass is 35.5. The second kappa shape index (κ2) is 5.37. The number of rotatable bonds is 4. The van der Waals surface area contributed by atoms with Gasteiger partial charge in [0.15, 0.2) is 6.61 Å². The molecule has 0 saturated heterocycles. The number of aromatic carboxylic acids is 1. The Hall–Kier alpha value is -1.75. The van der Waals surface area contributed by atoms with E-state index in [9.17, 15) is 9.59 Å². The molecular formula is C10H9ClO5. The Morgan fingerprint density at radius 3 is 2.62 bits per heavy atom. The maximum atomic E-state index is 10.8. The molecule has 0 saturated carbocycles. The molecule has 1 aromatic rings. The lowest BCUT2D eigenvalue weighted by molar-refractivity contribution is -0.142. The van der Waals surface area contributed by atoms with E-state index in [-0.39, 0.29) is 22.9 Å². The van der Waals surface area contributed by atoms with Crippen LogP contribution >= 0.6 is 11.6 Å². The normalized spacial score (nSPS) is 9.62. The zero-order chi connectivity index (χ0) is 12.1. The predicted molar refractivity (Wildman–Crippen MR) is 55.9 cm³/mol. The standard InChI is InChI=1S/C10H9ClO5/c1-15-9(12)5-16-8-3-2-6(10(13)14)4-7(8)11/h2-4H,5H2,1H3,(H,13,14). The van der Waals surface area contributed by atoms with Crippen molar-refractivity contribution >= 4 is 23.5 Å². The number of benzene rings is 1. The third-order valence-electron chi connectivity index (χ3n) is 1.75. The van der Waals surface area contributed by atoms with Crippen LogP contribution in [0.5, 0.6) is 5.75 Å². The van der Waals surface area contributed by atoms with Crippen LogP contribution in [0.1, 0.15) is 10.4 Å². The molecule has 1 rings (SSSR count). The van der Waals surface area contributed by atoms with Crippen LogP contribution < -0.4 is 4.74 Å². The van der Waals surface area contributed by atoms with Crippen LogP contribution in [0, 0.1) is 0 Å². The largest absolute Gasteiger partial charge is 0.480 e. The second-order valence-corrected chi connectivity index (χ2v) is 3.22. The molecule has 0 amide bonds. The Kier molecular flexibility index (Phi) is 4.13. The van der Waals surface area contributed by atoms with Crippen molar-refractivity contribution in [2.75, 3.05) is 13.7 Å². The fourth-order valence-electron chi connectivity index (χ4n) is 0.947. The molecule has 0 spiro atoms. The zero-order valence-electron chi connectivity index (χ0n) is 8.40. The molecule has 0 unspecified atom stereocenters. The molecule has 16 heavy (non-hydrogen) atoms. The predicted octanol–water partition coefficient (Wildman–Crippen LogP) is 1.59. The molecule has 0 radical (unpaired) electrons. The fourth-order valence-corrected chi connectivity index (χ4v) is 1.18. The SMILES string of the molecule is COC(=O)COc1ccc(C(=O)O)cc1Cl. The van der Waals surface area contributed by atoms with Crippen molar-refractivity contribution < 1.29 is 24.2 Å². The van der Waals surface area contributed by atoms with Crippen LogP contribution in [-0.4, -0.2) is 30.8 Å². The van der Waals surface area contributed by atoms with Gasteiger partial charge < -0.3 is 14.6 Å². The smallest absolute Gasteiger partial charge is 0.343 e. The number of methoxy groups -OCH3 is 1. The van der Waals surface area contributed by atoms with E-state index in [1.807, 2.05) is 0 Å². The van der Waals surface area contributed by atoms with Gasteiger partial charge in [0.2, 0.25) is 0 Å². The fraction of sp³-hybridized carbons (Fsp3) is 0.200. The van der Waals surface area contributed by atoms with E-state index < -0.39 is 11.9 Å². The first-order valence-corrected chi connectivity index (χ1v) is 4.65. The first-order chi connectivity index (χ1) is 7.54. The van der Waals surface area contributed by atoms with Crippen molar-refractivity contribution in [2.24, 2.45) is 0 Å². The lowest BCUT2D eigenvalue weighted by Crippen LogP contribution is -2.12. The number of ether oxygens (including phenoxy) is 2. The van der Waals surface area contributed by atoms with E-state index >= 15 is 0 Å². The quantitative estimate of drug-likeness (QED) is 0.815. The number of carboxylic acid groups (broad SMARTS) is 1. The number of esters is 1. The van der Waals surface area contributed by atoms with Gasteiger partial charge in [-0.15, -0.1) is 0 Å². The molecule has 6 heteroatoms. The molecule has 0 heterocycles. The molecule has 0 fully saturated rings. The minimum absolute atomic E-state index is 0.0513. The molecule has 0 aliphatic rings. The van der Waals surface area contributed by atoms with Gasteiger partial charge in [0.1, 0.15) is 5.75 Å². The molecule has 5 nitrogen and oxygen atoms in total. The summed E-state index contributed by atoms with van der Waals surface area (Å²) in [7, 11) is 1.24. The summed E-state index contributed by atoms with van der Waals surface area (Å²) in [5, 5.41) is 8.81. The summed E-state index contributed by atoms with van der Waals surface area (Å²) in [6.07, 6.45) is 0. The number of hydrogen-bond donors (Lipinski definition) is 1. The summed E-state index contributed by atoms with van der Waals surface area (Å²) < 4.78 is 9.40. The van der Waals surface area contributed by atoms with Crippen molar-refractivity contribution in [2.45, 2.75) is 0 Å². The molecule has 0 aliphatic carbocycles. The van der Waals surface area contributed by atoms with E-state index in [1.54, 1.807) is 0 Å². The van der Waals surface area contributed by atoms with Crippen LogP contribution in [-0.2, 0) is 9.53 Å². The van der Waals surface area contributed by atoms with E-state index in [0.717, 1.165) is 0 Å². The van der Waals surface area contributed by atoms with Crippen LogP contribution in [0.2, 0.25) is 5.02 Å². The van der Waals surface area contributed by atoms with Gasteiger partial charge in [-0.25, -0.2) is 9.59 Å². The van der Waals surface area contributed by atoms with Gasteiger partial charge in [-0.05, 0) is 18.2 Å². The molecule has 1 N–H and O–H groups in total. The van der Waals surface area contributed by atoms with Gasteiger partial charge >= 0.3 is 11.9 Å². The van der Waals surface area contributed by atoms with Gasteiger partial charge in [-0.3, -0.25) is 0 Å². The Labute approximate surface area is 96.5 Å². The highest BCUT2D eigenvalue weighted by Crippen LogP contribution is 2.25. The minimum atomic E-state index is -1.08. The van der Waals surface area contributed by atoms with E-state index in [4.69, 9.17) is 21.4 Å². The zero-order valence-corrected chi connectivity index (χ0v) is 9.15. The Bertz CT molecular complexity index is 416. The third kappa shape index (κ3) is 3.13. The molecule has 1 aromatic carbocycles. The van der Waals surface area contributed by atoms with Gasteiger partial charge in [-0.2, -0.15) is 0 Å². The highest BCUT2D eigenvalue weighted by Gasteiger charge is 2.09. The lowest BCUT2D eigenvalue weighted by atomic mass is 10.2. The number of halogens is 1. The van der Waals surface area contributed by atoms with Crippen molar-refractivity contribution in [3.8, 4) is 5.75 Å². The van der Waals surface area contributed by atoms with E-state index in [2.05, 4.69) is 4.74 Å². The average molecular weight is 245 g/mol. The summed E-state index contributed by atoms with van der Waals surface area (Å²) in [5.74, 6) is -1.39. The summed E-state index contributed by atoms with van der Waals surface area (Å²) in [5.41, 5.74) is 0.0513. The van der Waals surface area contributed by atoms with Crippen LogP contribution in [0.15, 0.2) is 18.2 Å². The Morgan fingerprint density at radius 2 is 2.12 bits per heavy atom. The number of hydrogen-bond acceptors (Lipinski definition) is 4. The summed E-state index contributed by atoms with van der Waals surface area (Å²) in [6, 6.07) is 3.96. The molecule has 0 aliphatic heterocycles. The molecule has 86 valence electrons. The minimum Gasteiger partial charge on any atom is -0.480 e. The number of carboxylic acids is 1. The van der Waals surface area contributed by atoms with Crippen molar-refractivity contribution in [1.29, 1.82) is 0 Å². The van der Waals surface area contributed by atoms with Gasteiger partial charge in [0.05, 0.1) is 17.7 Å². The van der Waals surface area contributed by atoms with Crippen LogP contribution in [0.25, 0.3) is 0 Å². The Balaban J connectivity index is 2.75. The van der Waals surface area contributed by atoms with Crippen LogP contribution in [0.4, 0.5) is 0 Å². The first kappa shape index (κ1) is 12.3. The van der Waals surface area contributed by atoms with Gasteiger partial charge in [0.25, 0.3) is 0 Å². The second-order valence-electron chi connectivity index (χ2n) is 2.82. The molecule has 0 atom stereocenters. The van der Waals surface area contributed by atoms with Crippen molar-refractivity contribution in [3.63, 3.8) is 0 Å². The topological polar surface area (TPSA) is 72.8 Å². The average Bonchev–Trinajstić information content (AvgIpc) is 2.26. The Morgan fingerprint density at radius 1 is 1.44 bits per heavy atom. The maximum Gasteiger partial charge on any atom is 0.343 e. The molecule has 0 bridgehead atoms. The molecular weight excluding hydrogens is 236 g/mol. The number of carbonyl (C=O) groups is 2.